The largest absolute Gasteiger partial charge is 0.341 e. The van der Waals surface area contributed by atoms with Gasteiger partial charge in [0.05, 0.1) is 17.7 Å². The summed E-state index contributed by atoms with van der Waals surface area (Å²) in [6.45, 7) is 3.18. The molecule has 1 aliphatic heterocycles. The number of aromatic nitrogens is 4. The molecule has 0 amide bonds. The fraction of sp³-hybridized carbons (Fsp3) is 0.368. The predicted molar refractivity (Wildman–Crippen MR) is 94.5 cm³/mol. The fourth-order valence-corrected chi connectivity index (χ4v) is 3.38. The Labute approximate surface area is 142 Å². The molecule has 0 unspecified atom stereocenters. The lowest BCUT2D eigenvalue weighted by Gasteiger charge is -2.25. The average Bonchev–Trinajstić information content (AvgIpc) is 3.22. The maximum Gasteiger partial charge on any atom is 0.137 e. The van der Waals surface area contributed by atoms with Crippen molar-refractivity contribution in [3.63, 3.8) is 0 Å². The number of aryl methyl sites for hydroxylation is 2. The van der Waals surface area contributed by atoms with Crippen molar-refractivity contribution in [1.29, 1.82) is 0 Å². The highest BCUT2D eigenvalue weighted by Gasteiger charge is 2.20. The standard InChI is InChI=1S/C19H23N5/c1-23-14-20-12-16(23)8-5-10-24-11-9-17-18(13-24)22-19(21-17)15-6-3-2-4-7-15/h2-4,6-7,12,14H,5,8-11,13H2,1H3,(H,21,22). The average molecular weight is 321 g/mol. The number of nitrogens with one attached hydrogen (secondary N) is 1. The molecule has 0 atom stereocenters. The summed E-state index contributed by atoms with van der Waals surface area (Å²) in [5.74, 6) is 0.998. The third-order valence-corrected chi connectivity index (χ3v) is 4.78. The Bertz CT molecular complexity index is 802. The molecule has 1 N–H and O–H groups in total. The zero-order chi connectivity index (χ0) is 16.4. The molecule has 0 saturated carbocycles. The van der Waals surface area contributed by atoms with Crippen LogP contribution in [0.5, 0.6) is 0 Å². The van der Waals surface area contributed by atoms with Gasteiger partial charge in [0.2, 0.25) is 0 Å². The number of hydrogen-bond donors (Lipinski definition) is 1. The minimum Gasteiger partial charge on any atom is -0.341 e. The number of hydrogen-bond acceptors (Lipinski definition) is 3. The van der Waals surface area contributed by atoms with E-state index in [0.717, 1.165) is 50.3 Å². The highest BCUT2D eigenvalue weighted by atomic mass is 15.2. The summed E-state index contributed by atoms with van der Waals surface area (Å²) in [7, 11) is 2.06. The van der Waals surface area contributed by atoms with Gasteiger partial charge in [0.15, 0.2) is 0 Å². The van der Waals surface area contributed by atoms with Gasteiger partial charge in [-0.1, -0.05) is 30.3 Å². The number of imidazole rings is 2. The van der Waals surface area contributed by atoms with Crippen molar-refractivity contribution in [1.82, 2.24) is 24.4 Å². The fourth-order valence-electron chi connectivity index (χ4n) is 3.38. The first kappa shape index (κ1) is 15.1. The van der Waals surface area contributed by atoms with Crippen LogP contribution in [-0.2, 0) is 26.4 Å². The summed E-state index contributed by atoms with van der Waals surface area (Å²) in [5, 5.41) is 0. The molecule has 0 radical (unpaired) electrons. The van der Waals surface area contributed by atoms with Crippen LogP contribution in [0.15, 0.2) is 42.9 Å². The van der Waals surface area contributed by atoms with Crippen LogP contribution in [0.1, 0.15) is 23.5 Å². The van der Waals surface area contributed by atoms with Crippen LogP contribution in [0.3, 0.4) is 0 Å². The minimum atomic E-state index is 0.973. The second-order valence-electron chi connectivity index (χ2n) is 6.50. The zero-order valence-corrected chi connectivity index (χ0v) is 14.1. The van der Waals surface area contributed by atoms with E-state index < -0.39 is 0 Å². The van der Waals surface area contributed by atoms with Crippen molar-refractivity contribution in [2.75, 3.05) is 13.1 Å². The van der Waals surface area contributed by atoms with Gasteiger partial charge in [-0.3, -0.25) is 4.90 Å². The molecule has 0 fully saturated rings. The molecule has 24 heavy (non-hydrogen) atoms. The first-order chi connectivity index (χ1) is 11.8. The van der Waals surface area contributed by atoms with Gasteiger partial charge in [-0.15, -0.1) is 0 Å². The van der Waals surface area contributed by atoms with Gasteiger partial charge in [-0.2, -0.15) is 0 Å². The maximum atomic E-state index is 4.79. The van der Waals surface area contributed by atoms with Crippen molar-refractivity contribution in [2.45, 2.75) is 25.8 Å². The van der Waals surface area contributed by atoms with Gasteiger partial charge < -0.3 is 9.55 Å². The molecule has 1 aliphatic rings. The Kier molecular flexibility index (Phi) is 4.17. The van der Waals surface area contributed by atoms with Crippen LogP contribution in [0.25, 0.3) is 11.4 Å². The van der Waals surface area contributed by atoms with E-state index >= 15 is 0 Å². The number of H-pyrrole nitrogens is 1. The van der Waals surface area contributed by atoms with Crippen LogP contribution >= 0.6 is 0 Å². The molecular weight excluding hydrogens is 298 g/mol. The first-order valence-electron chi connectivity index (χ1n) is 8.60. The summed E-state index contributed by atoms with van der Waals surface area (Å²) in [6, 6.07) is 10.4. The van der Waals surface area contributed by atoms with E-state index in [2.05, 4.69) is 50.7 Å². The molecule has 3 aromatic rings. The predicted octanol–water partition coefficient (Wildman–Crippen LogP) is 2.80. The van der Waals surface area contributed by atoms with Crippen molar-refractivity contribution >= 4 is 0 Å². The molecule has 124 valence electrons. The van der Waals surface area contributed by atoms with Gasteiger partial charge >= 0.3 is 0 Å². The van der Waals surface area contributed by atoms with E-state index in [-0.39, 0.29) is 0 Å². The van der Waals surface area contributed by atoms with Gasteiger partial charge in [0, 0.05) is 44.0 Å². The van der Waals surface area contributed by atoms with Crippen LogP contribution in [-0.4, -0.2) is 37.5 Å². The van der Waals surface area contributed by atoms with E-state index in [1.54, 1.807) is 0 Å². The number of rotatable bonds is 5. The monoisotopic (exact) mass is 321 g/mol. The number of benzene rings is 1. The molecule has 1 aromatic carbocycles. The number of aromatic amines is 1. The lowest BCUT2D eigenvalue weighted by Crippen LogP contribution is -2.31. The molecule has 0 aliphatic carbocycles. The van der Waals surface area contributed by atoms with Gasteiger partial charge in [-0.05, 0) is 19.4 Å². The molecule has 5 heteroatoms. The SMILES string of the molecule is Cn1cncc1CCCN1CCc2nc(-c3ccccc3)[nH]c2C1. The van der Waals surface area contributed by atoms with E-state index in [0.29, 0.717) is 0 Å². The number of nitrogens with zero attached hydrogens (tertiary/aromatic N) is 4. The smallest absolute Gasteiger partial charge is 0.137 e. The molecule has 0 spiro atoms. The normalized spacial score (nSPS) is 14.7. The summed E-state index contributed by atoms with van der Waals surface area (Å²) in [5.41, 5.74) is 4.98. The van der Waals surface area contributed by atoms with E-state index in [1.165, 1.54) is 17.1 Å². The van der Waals surface area contributed by atoms with E-state index in [9.17, 15) is 0 Å². The van der Waals surface area contributed by atoms with Crippen LogP contribution < -0.4 is 0 Å². The van der Waals surface area contributed by atoms with E-state index in [1.807, 2.05) is 18.6 Å². The number of fused-ring (bicyclic) bond motifs is 1. The molecule has 5 nitrogen and oxygen atoms in total. The quantitative estimate of drug-likeness (QED) is 0.786. The molecule has 3 heterocycles. The summed E-state index contributed by atoms with van der Waals surface area (Å²) in [4.78, 5) is 15.0. The minimum absolute atomic E-state index is 0.973. The maximum absolute atomic E-state index is 4.79. The van der Waals surface area contributed by atoms with Gasteiger partial charge in [0.25, 0.3) is 0 Å². The second kappa shape index (κ2) is 6.61. The molecule has 0 saturated heterocycles. The lowest BCUT2D eigenvalue weighted by molar-refractivity contribution is 0.247. The Hall–Kier alpha value is -2.40. The summed E-state index contributed by atoms with van der Waals surface area (Å²) < 4.78 is 2.11. The van der Waals surface area contributed by atoms with Gasteiger partial charge in [0.1, 0.15) is 5.82 Å². The topological polar surface area (TPSA) is 49.7 Å². The van der Waals surface area contributed by atoms with Crippen LogP contribution in [0, 0.1) is 0 Å². The Balaban J connectivity index is 1.37. The molecular formula is C19H23N5. The highest BCUT2D eigenvalue weighted by Crippen LogP contribution is 2.22. The summed E-state index contributed by atoms with van der Waals surface area (Å²) in [6.07, 6.45) is 7.12. The summed E-state index contributed by atoms with van der Waals surface area (Å²) >= 11 is 0. The van der Waals surface area contributed by atoms with Gasteiger partial charge in [-0.25, -0.2) is 9.97 Å². The van der Waals surface area contributed by atoms with Crippen molar-refractivity contribution in [2.24, 2.45) is 7.05 Å². The molecule has 0 bridgehead atoms. The lowest BCUT2D eigenvalue weighted by atomic mass is 10.1. The van der Waals surface area contributed by atoms with Crippen molar-refractivity contribution in [3.05, 3.63) is 59.9 Å². The van der Waals surface area contributed by atoms with Crippen LogP contribution in [0.4, 0.5) is 0 Å². The van der Waals surface area contributed by atoms with E-state index in [4.69, 9.17) is 4.98 Å². The Morgan fingerprint density at radius 1 is 1.21 bits per heavy atom. The third kappa shape index (κ3) is 3.12. The third-order valence-electron chi connectivity index (χ3n) is 4.78. The molecule has 2 aromatic heterocycles. The Morgan fingerprint density at radius 2 is 2.08 bits per heavy atom. The zero-order valence-electron chi connectivity index (χ0n) is 14.1. The van der Waals surface area contributed by atoms with Crippen molar-refractivity contribution < 1.29 is 0 Å². The van der Waals surface area contributed by atoms with Crippen molar-refractivity contribution in [3.8, 4) is 11.4 Å². The Morgan fingerprint density at radius 3 is 2.88 bits per heavy atom. The van der Waals surface area contributed by atoms with Crippen LogP contribution in [0.2, 0.25) is 0 Å². The molecule has 4 rings (SSSR count). The first-order valence-corrected chi connectivity index (χ1v) is 8.60. The second-order valence-corrected chi connectivity index (χ2v) is 6.50. The highest BCUT2D eigenvalue weighted by molar-refractivity contribution is 5.55.